The number of urea groups is 1. The Morgan fingerprint density at radius 3 is 1.94 bits per heavy atom. The number of rotatable bonds is 18. The number of carbonyl (C=O) groups is 4. The molecule has 0 spiro atoms. The number of amides is 4. The van der Waals surface area contributed by atoms with E-state index < -0.39 is 11.9 Å². The number of carboxylic acids is 1. The van der Waals surface area contributed by atoms with E-state index in [1.807, 2.05) is 43.3 Å². The molecule has 1 fully saturated rings. The molecule has 0 aromatic heterocycles. The fourth-order valence-electron chi connectivity index (χ4n) is 5.93. The van der Waals surface area contributed by atoms with Crippen molar-refractivity contribution in [1.29, 1.82) is 0 Å². The first-order valence-corrected chi connectivity index (χ1v) is 17.4. The van der Waals surface area contributed by atoms with Crippen LogP contribution in [0.25, 0.3) is 0 Å². The summed E-state index contributed by atoms with van der Waals surface area (Å²) < 4.78 is 0. The molecule has 0 bridgehead atoms. The first-order valence-electron chi connectivity index (χ1n) is 17.4. The van der Waals surface area contributed by atoms with Gasteiger partial charge in [0.1, 0.15) is 0 Å². The van der Waals surface area contributed by atoms with Gasteiger partial charge in [0, 0.05) is 63.8 Å². The quantitative estimate of drug-likeness (QED) is 0.121. The number of benzene rings is 2. The number of hydrogen-bond acceptors (Lipinski definition) is 5. The number of aliphatic carboxylic acids is 1. The number of unbranched alkanes of at least 4 members (excludes halogenated alkanes) is 9. The molecule has 4 amide bonds. The third-order valence-corrected chi connectivity index (χ3v) is 8.89. The summed E-state index contributed by atoms with van der Waals surface area (Å²) in [7, 11) is 3.92. The van der Waals surface area contributed by atoms with E-state index in [1.165, 1.54) is 56.3 Å². The van der Waals surface area contributed by atoms with E-state index in [0.29, 0.717) is 38.0 Å². The number of carbonyl (C=O) groups excluding carboxylic acids is 3. The lowest BCUT2D eigenvalue weighted by atomic mass is 9.96. The maximum absolute atomic E-state index is 12.8. The molecule has 10 nitrogen and oxygen atoms in total. The van der Waals surface area contributed by atoms with Gasteiger partial charge in [-0.25, -0.2) is 9.59 Å². The number of nitrogens with one attached hydrogen (secondary N) is 2. The van der Waals surface area contributed by atoms with Crippen molar-refractivity contribution in [2.75, 3.05) is 50.5 Å². The SMILES string of the molecule is CCCCCCCCCCCCNC(=O)c1ccc(CN(CC2CCN(C(=O)Nc3ccc(N(C)C)cc3)CC2)C(=O)C(=O)O)cc1. The van der Waals surface area contributed by atoms with Gasteiger partial charge in [-0.15, -0.1) is 0 Å². The molecule has 10 heteroatoms. The molecule has 0 saturated carbocycles. The number of hydrogen-bond donors (Lipinski definition) is 3. The lowest BCUT2D eigenvalue weighted by molar-refractivity contribution is -0.156. The summed E-state index contributed by atoms with van der Waals surface area (Å²) in [5.41, 5.74) is 3.05. The minimum absolute atomic E-state index is 0.0672. The maximum Gasteiger partial charge on any atom is 0.394 e. The van der Waals surface area contributed by atoms with Crippen molar-refractivity contribution in [3.63, 3.8) is 0 Å². The maximum atomic E-state index is 12.8. The van der Waals surface area contributed by atoms with Gasteiger partial charge in [0.05, 0.1) is 0 Å². The van der Waals surface area contributed by atoms with Crippen LogP contribution >= 0.6 is 0 Å². The Kier molecular flexibility index (Phi) is 16.1. The van der Waals surface area contributed by atoms with E-state index in [4.69, 9.17) is 0 Å². The van der Waals surface area contributed by atoms with Gasteiger partial charge in [0.2, 0.25) is 0 Å². The van der Waals surface area contributed by atoms with Crippen molar-refractivity contribution in [3.8, 4) is 0 Å². The fraction of sp³-hybridized carbons (Fsp3) is 0.568. The van der Waals surface area contributed by atoms with Crippen LogP contribution in [0.15, 0.2) is 48.5 Å². The van der Waals surface area contributed by atoms with Crippen LogP contribution in [0.4, 0.5) is 16.2 Å². The largest absolute Gasteiger partial charge is 0.474 e. The van der Waals surface area contributed by atoms with Crippen LogP contribution in [-0.4, -0.2) is 79.0 Å². The zero-order chi connectivity index (χ0) is 34.0. The molecule has 47 heavy (non-hydrogen) atoms. The summed E-state index contributed by atoms with van der Waals surface area (Å²) in [6, 6.07) is 14.4. The summed E-state index contributed by atoms with van der Waals surface area (Å²) in [5, 5.41) is 15.4. The van der Waals surface area contributed by atoms with E-state index >= 15 is 0 Å². The monoisotopic (exact) mass is 649 g/mol. The van der Waals surface area contributed by atoms with E-state index in [2.05, 4.69) is 17.6 Å². The van der Waals surface area contributed by atoms with Gasteiger partial charge in [-0.2, -0.15) is 0 Å². The summed E-state index contributed by atoms with van der Waals surface area (Å²) >= 11 is 0. The van der Waals surface area contributed by atoms with Crippen molar-refractivity contribution in [2.24, 2.45) is 5.92 Å². The van der Waals surface area contributed by atoms with E-state index in [1.54, 1.807) is 29.2 Å². The number of carboxylic acid groups (broad SMARTS) is 1. The molecule has 3 rings (SSSR count). The van der Waals surface area contributed by atoms with Gasteiger partial charge < -0.3 is 30.4 Å². The highest BCUT2D eigenvalue weighted by atomic mass is 16.4. The zero-order valence-corrected chi connectivity index (χ0v) is 28.6. The van der Waals surface area contributed by atoms with Gasteiger partial charge >= 0.3 is 17.9 Å². The molecule has 258 valence electrons. The van der Waals surface area contributed by atoms with Crippen LogP contribution in [0.1, 0.15) is 99.9 Å². The average molecular weight is 650 g/mol. The first-order chi connectivity index (χ1) is 22.7. The highest BCUT2D eigenvalue weighted by Crippen LogP contribution is 2.22. The van der Waals surface area contributed by atoms with Crippen molar-refractivity contribution >= 4 is 35.2 Å². The van der Waals surface area contributed by atoms with Crippen molar-refractivity contribution in [2.45, 2.75) is 90.5 Å². The summed E-state index contributed by atoms with van der Waals surface area (Å²) in [6.45, 7) is 4.33. The third kappa shape index (κ3) is 13.3. The minimum atomic E-state index is -1.50. The lowest BCUT2D eigenvalue weighted by Crippen LogP contribution is -2.45. The van der Waals surface area contributed by atoms with Crippen LogP contribution in [0.3, 0.4) is 0 Å². The normalized spacial score (nSPS) is 13.2. The average Bonchev–Trinajstić information content (AvgIpc) is 3.07. The van der Waals surface area contributed by atoms with Crippen LogP contribution in [0.2, 0.25) is 0 Å². The third-order valence-electron chi connectivity index (χ3n) is 8.89. The number of anilines is 2. The van der Waals surface area contributed by atoms with Gasteiger partial charge in [0.15, 0.2) is 0 Å². The fourth-order valence-corrected chi connectivity index (χ4v) is 5.93. The minimum Gasteiger partial charge on any atom is -0.474 e. The Morgan fingerprint density at radius 1 is 0.809 bits per heavy atom. The highest BCUT2D eigenvalue weighted by molar-refractivity contribution is 6.31. The molecule has 2 aromatic carbocycles. The predicted octanol–water partition coefficient (Wildman–Crippen LogP) is 6.76. The van der Waals surface area contributed by atoms with Gasteiger partial charge in [-0.3, -0.25) is 9.59 Å². The summed E-state index contributed by atoms with van der Waals surface area (Å²) in [6.07, 6.45) is 13.8. The Labute approximate surface area is 280 Å². The molecule has 1 aliphatic rings. The van der Waals surface area contributed by atoms with Crippen molar-refractivity contribution < 1.29 is 24.3 Å². The Morgan fingerprint density at radius 2 is 1.38 bits per heavy atom. The number of nitrogens with zero attached hydrogens (tertiary/aromatic N) is 3. The van der Waals surface area contributed by atoms with E-state index in [9.17, 15) is 24.3 Å². The molecular weight excluding hydrogens is 594 g/mol. The topological polar surface area (TPSA) is 122 Å². The van der Waals surface area contributed by atoms with Gasteiger partial charge in [-0.1, -0.05) is 76.8 Å². The second-order valence-corrected chi connectivity index (χ2v) is 12.9. The van der Waals surface area contributed by atoms with Crippen LogP contribution in [0.5, 0.6) is 0 Å². The smallest absolute Gasteiger partial charge is 0.394 e. The Bertz CT molecular complexity index is 1260. The molecule has 2 aromatic rings. The molecular formula is C37H55N5O5. The highest BCUT2D eigenvalue weighted by Gasteiger charge is 2.28. The molecule has 0 unspecified atom stereocenters. The van der Waals surface area contributed by atoms with Crippen molar-refractivity contribution in [3.05, 3.63) is 59.7 Å². The molecule has 1 aliphatic heterocycles. The molecule has 0 aliphatic carbocycles. The molecule has 3 N–H and O–H groups in total. The second-order valence-electron chi connectivity index (χ2n) is 12.9. The van der Waals surface area contributed by atoms with E-state index in [-0.39, 0.29) is 30.9 Å². The van der Waals surface area contributed by atoms with Gasteiger partial charge in [0.25, 0.3) is 5.91 Å². The predicted molar refractivity (Wildman–Crippen MR) is 188 cm³/mol. The standard InChI is InChI=1S/C37H55N5O5/c1-4-5-6-7-8-9-10-11-12-13-24-38-34(43)31-16-14-29(15-17-31)27-42(35(44)36(45)46)28-30-22-25-41(26-23-30)37(47)39-32-18-20-33(21-19-32)40(2)3/h14-21,30H,4-13,22-28H2,1-3H3,(H,38,43)(H,39,47)(H,45,46). The summed E-state index contributed by atoms with van der Waals surface area (Å²) in [5.74, 6) is -2.51. The van der Waals surface area contributed by atoms with Gasteiger partial charge in [-0.05, 0) is 67.1 Å². The Balaban J connectivity index is 1.40. The van der Waals surface area contributed by atoms with Crippen LogP contribution in [0, 0.1) is 5.92 Å². The van der Waals surface area contributed by atoms with Crippen molar-refractivity contribution in [1.82, 2.24) is 15.1 Å². The molecule has 1 heterocycles. The van der Waals surface area contributed by atoms with E-state index in [0.717, 1.165) is 29.8 Å². The first kappa shape index (κ1) is 37.4. The second kappa shape index (κ2) is 20.2. The van der Waals surface area contributed by atoms with Crippen LogP contribution in [-0.2, 0) is 16.1 Å². The number of likely N-dealkylation sites (tertiary alicyclic amines) is 1. The zero-order valence-electron chi connectivity index (χ0n) is 28.6. The van der Waals surface area contributed by atoms with Crippen LogP contribution < -0.4 is 15.5 Å². The number of piperidine rings is 1. The molecule has 0 atom stereocenters. The lowest BCUT2D eigenvalue weighted by Gasteiger charge is -2.34. The summed E-state index contributed by atoms with van der Waals surface area (Å²) in [4.78, 5) is 54.8. The Hall–Kier alpha value is -4.08. The molecule has 1 saturated heterocycles. The molecule has 0 radical (unpaired) electrons.